The van der Waals surface area contributed by atoms with Gasteiger partial charge in [0.15, 0.2) is 5.65 Å². The molecule has 3 heterocycles. The molecule has 0 unspecified atom stereocenters. The molecule has 0 aliphatic heterocycles. The number of amides is 1. The van der Waals surface area contributed by atoms with Gasteiger partial charge in [-0.3, -0.25) is 9.59 Å². The van der Waals surface area contributed by atoms with Gasteiger partial charge in [0, 0.05) is 19.3 Å². The van der Waals surface area contributed by atoms with E-state index in [2.05, 4.69) is 26.0 Å². The van der Waals surface area contributed by atoms with Crippen LogP contribution in [0.2, 0.25) is 0 Å². The van der Waals surface area contributed by atoms with Crippen molar-refractivity contribution in [3.63, 3.8) is 0 Å². The van der Waals surface area contributed by atoms with Crippen molar-refractivity contribution in [2.75, 3.05) is 17.7 Å². The number of alkyl halides is 1. The standard InChI is InChI=1S/C22H26FN7O3/c1-24-19-10-18(26-15-4-3-9-29(22(15)33)16-5-2-6-17(16)31)28-20-12(11-25-30(19)20)21(32)27-14-8-7-13(14)23/h3-4,9-11,13-14,16-17,24,31H,2,5-8H2,1H3,(H,26,28)(H,27,32)/t13-,14-,16+,17-/m1/s1. The highest BCUT2D eigenvalue weighted by atomic mass is 19.1. The van der Waals surface area contributed by atoms with Gasteiger partial charge in [-0.1, -0.05) is 0 Å². The highest BCUT2D eigenvalue weighted by Crippen LogP contribution is 2.29. The van der Waals surface area contributed by atoms with Crippen molar-refractivity contribution in [2.45, 2.75) is 56.5 Å². The number of hydrogen-bond acceptors (Lipinski definition) is 7. The molecule has 0 radical (unpaired) electrons. The van der Waals surface area contributed by atoms with Gasteiger partial charge in [-0.2, -0.15) is 9.61 Å². The summed E-state index contributed by atoms with van der Waals surface area (Å²) in [7, 11) is 1.71. The molecule has 0 bridgehead atoms. The van der Waals surface area contributed by atoms with Crippen molar-refractivity contribution in [3.05, 3.63) is 46.5 Å². The molecule has 0 aromatic carbocycles. The molecular weight excluding hydrogens is 429 g/mol. The number of nitrogens with one attached hydrogen (secondary N) is 3. The van der Waals surface area contributed by atoms with Crippen molar-refractivity contribution in [2.24, 2.45) is 0 Å². The van der Waals surface area contributed by atoms with Crippen LogP contribution in [0.1, 0.15) is 48.5 Å². The highest BCUT2D eigenvalue weighted by Gasteiger charge is 2.33. The van der Waals surface area contributed by atoms with E-state index >= 15 is 0 Å². The molecule has 4 atom stereocenters. The number of halogens is 1. The predicted molar refractivity (Wildman–Crippen MR) is 121 cm³/mol. The maximum absolute atomic E-state index is 13.6. The molecule has 174 valence electrons. The van der Waals surface area contributed by atoms with Gasteiger partial charge >= 0.3 is 0 Å². The largest absolute Gasteiger partial charge is 0.391 e. The van der Waals surface area contributed by atoms with E-state index in [0.717, 1.165) is 12.8 Å². The smallest absolute Gasteiger partial charge is 0.274 e. The third kappa shape index (κ3) is 3.82. The molecule has 1 amide bonds. The van der Waals surface area contributed by atoms with Crippen LogP contribution in [0.15, 0.2) is 35.4 Å². The summed E-state index contributed by atoms with van der Waals surface area (Å²) in [5.41, 5.74) is 0.533. The molecule has 10 nitrogen and oxygen atoms in total. The molecule has 33 heavy (non-hydrogen) atoms. The number of aromatic nitrogens is 4. The average Bonchev–Trinajstić information content (AvgIpc) is 3.43. The molecule has 11 heteroatoms. The zero-order valence-corrected chi connectivity index (χ0v) is 18.2. The van der Waals surface area contributed by atoms with Crippen molar-refractivity contribution in [3.8, 4) is 0 Å². The Morgan fingerprint density at radius 1 is 1.27 bits per heavy atom. The Hall–Kier alpha value is -3.47. The summed E-state index contributed by atoms with van der Waals surface area (Å²) in [5, 5.41) is 23.2. The van der Waals surface area contributed by atoms with Gasteiger partial charge in [0.1, 0.15) is 29.1 Å². The van der Waals surface area contributed by atoms with Crippen LogP contribution >= 0.6 is 0 Å². The Kier molecular flexibility index (Phi) is 5.49. The molecule has 2 fully saturated rings. The van der Waals surface area contributed by atoms with Gasteiger partial charge in [0.05, 0.1) is 24.4 Å². The zero-order valence-electron chi connectivity index (χ0n) is 18.2. The number of aliphatic hydroxyl groups is 1. The summed E-state index contributed by atoms with van der Waals surface area (Å²) in [5.74, 6) is 0.451. The Morgan fingerprint density at radius 3 is 2.79 bits per heavy atom. The van der Waals surface area contributed by atoms with Crippen molar-refractivity contribution in [1.82, 2.24) is 24.5 Å². The lowest BCUT2D eigenvalue weighted by Crippen LogP contribution is -2.48. The van der Waals surface area contributed by atoms with E-state index in [0.29, 0.717) is 36.6 Å². The van der Waals surface area contributed by atoms with Crippen LogP contribution in [0.25, 0.3) is 5.65 Å². The lowest BCUT2D eigenvalue weighted by atomic mass is 9.90. The summed E-state index contributed by atoms with van der Waals surface area (Å²) in [6.45, 7) is 0. The van der Waals surface area contributed by atoms with E-state index in [-0.39, 0.29) is 22.8 Å². The van der Waals surface area contributed by atoms with Crippen molar-refractivity contribution >= 4 is 28.9 Å². The minimum Gasteiger partial charge on any atom is -0.391 e. The second kappa shape index (κ2) is 8.47. The number of nitrogens with zero attached hydrogens (tertiary/aromatic N) is 4. The highest BCUT2D eigenvalue weighted by molar-refractivity contribution is 6.00. The number of hydrogen-bond donors (Lipinski definition) is 4. The number of carbonyl (C=O) groups excluding carboxylic acids is 1. The quantitative estimate of drug-likeness (QED) is 0.448. The summed E-state index contributed by atoms with van der Waals surface area (Å²) >= 11 is 0. The lowest BCUT2D eigenvalue weighted by molar-refractivity contribution is 0.0826. The topological polar surface area (TPSA) is 126 Å². The summed E-state index contributed by atoms with van der Waals surface area (Å²) in [4.78, 5) is 30.3. The van der Waals surface area contributed by atoms with Crippen LogP contribution in [0, 0.1) is 0 Å². The number of carbonyl (C=O) groups is 1. The molecule has 2 saturated carbocycles. The van der Waals surface area contributed by atoms with Crippen molar-refractivity contribution < 1.29 is 14.3 Å². The average molecular weight is 455 g/mol. The molecule has 3 aromatic heterocycles. The molecule has 2 aliphatic rings. The molecule has 2 aliphatic carbocycles. The van der Waals surface area contributed by atoms with Crippen molar-refractivity contribution in [1.29, 1.82) is 0 Å². The molecule has 0 spiro atoms. The van der Waals surface area contributed by atoms with Crippen LogP contribution in [-0.4, -0.2) is 55.5 Å². The predicted octanol–water partition coefficient (Wildman–Crippen LogP) is 1.99. The number of fused-ring (bicyclic) bond motifs is 1. The van der Waals surface area contributed by atoms with E-state index in [1.54, 1.807) is 36.0 Å². The molecular formula is C22H26FN7O3. The van der Waals surface area contributed by atoms with Crippen LogP contribution in [0.5, 0.6) is 0 Å². The van der Waals surface area contributed by atoms with Crippen LogP contribution in [0.3, 0.4) is 0 Å². The normalized spacial score (nSPS) is 24.5. The van der Waals surface area contributed by atoms with E-state index < -0.39 is 24.2 Å². The lowest BCUT2D eigenvalue weighted by Gasteiger charge is -2.30. The molecule has 0 saturated heterocycles. The Morgan fingerprint density at radius 2 is 2.12 bits per heavy atom. The number of rotatable bonds is 6. The minimum absolute atomic E-state index is 0.216. The third-order valence-electron chi connectivity index (χ3n) is 6.52. The monoisotopic (exact) mass is 455 g/mol. The van der Waals surface area contributed by atoms with E-state index in [9.17, 15) is 19.1 Å². The minimum atomic E-state index is -1.03. The zero-order chi connectivity index (χ0) is 23.1. The first-order valence-corrected chi connectivity index (χ1v) is 11.1. The fourth-order valence-corrected chi connectivity index (χ4v) is 4.48. The molecule has 4 N–H and O–H groups in total. The summed E-state index contributed by atoms with van der Waals surface area (Å²) in [6, 6.07) is 4.32. The van der Waals surface area contributed by atoms with E-state index in [1.165, 1.54) is 10.7 Å². The fraction of sp³-hybridized carbons (Fsp3) is 0.455. The van der Waals surface area contributed by atoms with Crippen LogP contribution in [-0.2, 0) is 0 Å². The summed E-state index contributed by atoms with van der Waals surface area (Å²) < 4.78 is 16.6. The van der Waals surface area contributed by atoms with Gasteiger partial charge in [-0.15, -0.1) is 0 Å². The maximum Gasteiger partial charge on any atom is 0.274 e. The Labute approximate surface area is 188 Å². The summed E-state index contributed by atoms with van der Waals surface area (Å²) in [6.07, 6.45) is 4.83. The second-order valence-electron chi connectivity index (χ2n) is 8.57. The van der Waals surface area contributed by atoms with Gasteiger partial charge < -0.3 is 25.6 Å². The first-order chi connectivity index (χ1) is 16.0. The first-order valence-electron chi connectivity index (χ1n) is 11.1. The Balaban J connectivity index is 1.48. The van der Waals surface area contributed by atoms with E-state index in [1.807, 2.05) is 0 Å². The van der Waals surface area contributed by atoms with Gasteiger partial charge in [-0.05, 0) is 44.2 Å². The first kappa shape index (κ1) is 21.4. The van der Waals surface area contributed by atoms with E-state index in [4.69, 9.17) is 0 Å². The molecule has 5 rings (SSSR count). The van der Waals surface area contributed by atoms with Crippen LogP contribution in [0.4, 0.5) is 21.7 Å². The number of anilines is 3. The number of pyridine rings is 1. The third-order valence-corrected chi connectivity index (χ3v) is 6.52. The number of aliphatic hydroxyl groups excluding tert-OH is 1. The Bertz CT molecular complexity index is 1260. The van der Waals surface area contributed by atoms with Gasteiger partial charge in [-0.25, -0.2) is 9.37 Å². The fourth-order valence-electron chi connectivity index (χ4n) is 4.48. The van der Waals surface area contributed by atoms with Gasteiger partial charge in [0.2, 0.25) is 0 Å². The SMILES string of the molecule is CNc1cc(Nc2cccn([C@H]3CCC[C@H]3O)c2=O)nc2c(C(=O)N[C@@H]3CC[C@H]3F)cnn12. The molecule has 3 aromatic rings. The van der Waals surface area contributed by atoms with Crippen LogP contribution < -0.4 is 21.5 Å². The van der Waals surface area contributed by atoms with Gasteiger partial charge in [0.25, 0.3) is 11.5 Å². The second-order valence-corrected chi connectivity index (χ2v) is 8.57. The maximum atomic E-state index is 13.6.